The van der Waals surface area contributed by atoms with Gasteiger partial charge in [0.1, 0.15) is 3.42 Å². The highest BCUT2D eigenvalue weighted by atomic mass is 127. The lowest BCUT2D eigenvalue weighted by molar-refractivity contribution is -0.416. The van der Waals surface area contributed by atoms with Crippen LogP contribution in [0.1, 0.15) is 52.4 Å². The van der Waals surface area contributed by atoms with E-state index in [2.05, 4.69) is 0 Å². The Morgan fingerprint density at radius 1 is 1.08 bits per heavy atom. The second-order valence-corrected chi connectivity index (χ2v) is 8.58. The summed E-state index contributed by atoms with van der Waals surface area (Å²) in [5, 5.41) is 9.82. The van der Waals surface area contributed by atoms with Crippen LogP contribution in [0.5, 0.6) is 0 Å². The van der Waals surface area contributed by atoms with Crippen LogP contribution in [0.2, 0.25) is 0 Å². The normalized spacial score (nSPS) is 21.9. The van der Waals surface area contributed by atoms with Crippen molar-refractivity contribution >= 4 is 28.6 Å². The van der Waals surface area contributed by atoms with Gasteiger partial charge in [-0.15, -0.1) is 0 Å². The van der Waals surface area contributed by atoms with Crippen LogP contribution >= 0.6 is 22.6 Å². The zero-order valence-electron chi connectivity index (χ0n) is 13.2. The predicted octanol–water partition coefficient (Wildman–Crippen LogP) is 4.69. The fourth-order valence-electron chi connectivity index (χ4n) is 2.77. The standard InChI is InChI=1S/C14H19F6IO3/c1-3-10(2,21)9(22)24-11(7-5-4-6-8-11)12(23,13(15,16)17)14(18,19)20/h23H,3-8H2,1-2H3. The van der Waals surface area contributed by atoms with Crippen molar-refractivity contribution in [2.45, 2.75) is 79.3 Å². The van der Waals surface area contributed by atoms with Gasteiger partial charge in [-0.25, -0.2) is 0 Å². The Morgan fingerprint density at radius 2 is 1.50 bits per heavy atom. The quantitative estimate of drug-likeness (QED) is 0.277. The smallest absolute Gasteiger partial charge is 0.430 e. The Labute approximate surface area is 149 Å². The second kappa shape index (κ2) is 6.81. The summed E-state index contributed by atoms with van der Waals surface area (Å²) in [5.41, 5.74) is -8.18. The van der Waals surface area contributed by atoms with E-state index in [0.29, 0.717) is 6.42 Å². The van der Waals surface area contributed by atoms with Gasteiger partial charge in [-0.05, 0) is 39.0 Å². The van der Waals surface area contributed by atoms with Crippen LogP contribution in [0, 0.1) is 0 Å². The van der Waals surface area contributed by atoms with Crippen LogP contribution < -0.4 is 0 Å². The summed E-state index contributed by atoms with van der Waals surface area (Å²) in [7, 11) is 0. The minimum absolute atomic E-state index is 0.00810. The summed E-state index contributed by atoms with van der Waals surface area (Å²) in [6, 6.07) is 0. The zero-order chi connectivity index (χ0) is 19.0. The molecule has 10 heteroatoms. The predicted molar refractivity (Wildman–Crippen MR) is 81.7 cm³/mol. The number of hydrogen-bond acceptors (Lipinski definition) is 3. The molecule has 1 fully saturated rings. The minimum atomic E-state index is -6.03. The SMILES string of the molecule is CCC(C)(I)C(=O)OC1(C(O)(C(F)(F)F)C(F)(F)F)CCCCC1. The third-order valence-corrected chi connectivity index (χ3v) is 5.72. The molecule has 0 aromatic rings. The van der Waals surface area contributed by atoms with E-state index in [1.54, 1.807) is 29.5 Å². The number of alkyl halides is 7. The van der Waals surface area contributed by atoms with Crippen molar-refractivity contribution in [3.05, 3.63) is 0 Å². The van der Waals surface area contributed by atoms with Gasteiger partial charge >= 0.3 is 18.3 Å². The first-order chi connectivity index (χ1) is 10.6. The summed E-state index contributed by atoms with van der Waals surface area (Å²) < 4.78 is 83.3. The Morgan fingerprint density at radius 3 is 1.83 bits per heavy atom. The van der Waals surface area contributed by atoms with Crippen molar-refractivity contribution in [3.63, 3.8) is 0 Å². The first kappa shape index (κ1) is 21.8. The molecular weight excluding hydrogens is 457 g/mol. The molecule has 0 spiro atoms. The molecule has 142 valence electrons. The Bertz CT molecular complexity index is 452. The fourth-order valence-corrected chi connectivity index (χ4v) is 2.88. The highest BCUT2D eigenvalue weighted by molar-refractivity contribution is 14.1. The van der Waals surface area contributed by atoms with Crippen LogP contribution in [0.3, 0.4) is 0 Å². The van der Waals surface area contributed by atoms with Gasteiger partial charge in [0.05, 0.1) is 0 Å². The summed E-state index contributed by atoms with van der Waals surface area (Å²) in [6.07, 6.45) is -12.9. The van der Waals surface area contributed by atoms with Gasteiger partial charge in [0, 0.05) is 0 Å². The third-order valence-electron chi connectivity index (χ3n) is 4.52. The maximum absolute atomic E-state index is 13.3. The van der Waals surface area contributed by atoms with E-state index in [4.69, 9.17) is 4.74 Å². The largest absolute Gasteiger partial charge is 0.454 e. The van der Waals surface area contributed by atoms with E-state index in [-0.39, 0.29) is 19.3 Å². The molecular formula is C14H19F6IO3. The van der Waals surface area contributed by atoms with Crippen LogP contribution in [-0.2, 0) is 9.53 Å². The number of hydrogen-bond donors (Lipinski definition) is 1. The van der Waals surface area contributed by atoms with Gasteiger partial charge in [0.25, 0.3) is 5.60 Å². The van der Waals surface area contributed by atoms with Crippen molar-refractivity contribution in [3.8, 4) is 0 Å². The lowest BCUT2D eigenvalue weighted by Crippen LogP contribution is -2.72. The average molecular weight is 476 g/mol. The van der Waals surface area contributed by atoms with Gasteiger partial charge in [-0.1, -0.05) is 35.9 Å². The summed E-state index contributed by atoms with van der Waals surface area (Å²) in [6.45, 7) is 2.91. The fraction of sp³-hybridized carbons (Fsp3) is 0.929. The number of halogens is 7. The van der Waals surface area contributed by atoms with Crippen molar-refractivity contribution in [1.29, 1.82) is 0 Å². The molecule has 24 heavy (non-hydrogen) atoms. The molecule has 1 saturated carbocycles. The Hall–Kier alpha value is -0.260. The van der Waals surface area contributed by atoms with Gasteiger partial charge in [0.2, 0.25) is 0 Å². The van der Waals surface area contributed by atoms with E-state index in [0.717, 1.165) is 0 Å². The second-order valence-electron chi connectivity index (χ2n) is 6.20. The van der Waals surface area contributed by atoms with E-state index in [9.17, 15) is 36.2 Å². The van der Waals surface area contributed by atoms with E-state index >= 15 is 0 Å². The van der Waals surface area contributed by atoms with Gasteiger partial charge in [-0.2, -0.15) is 26.3 Å². The minimum Gasteiger partial charge on any atom is -0.454 e. The van der Waals surface area contributed by atoms with Crippen molar-refractivity contribution in [2.75, 3.05) is 0 Å². The number of carbonyl (C=O) groups excluding carboxylic acids is 1. The number of ether oxygens (including phenoxy) is 1. The molecule has 0 saturated heterocycles. The maximum Gasteiger partial charge on any atom is 0.430 e. The Kier molecular flexibility index (Phi) is 6.18. The van der Waals surface area contributed by atoms with Crippen LogP contribution in [0.4, 0.5) is 26.3 Å². The van der Waals surface area contributed by atoms with Crippen molar-refractivity contribution in [2.24, 2.45) is 0 Å². The highest BCUT2D eigenvalue weighted by Crippen LogP contribution is 2.55. The first-order valence-corrected chi connectivity index (χ1v) is 8.51. The first-order valence-electron chi connectivity index (χ1n) is 7.43. The number of rotatable bonds is 4. The lowest BCUT2D eigenvalue weighted by atomic mass is 9.71. The monoisotopic (exact) mass is 476 g/mol. The molecule has 1 aliphatic carbocycles. The molecule has 1 N–H and O–H groups in total. The molecule has 3 nitrogen and oxygen atoms in total. The van der Waals surface area contributed by atoms with E-state index in [1.807, 2.05) is 0 Å². The van der Waals surface area contributed by atoms with Crippen LogP contribution in [0.25, 0.3) is 0 Å². The highest BCUT2D eigenvalue weighted by Gasteiger charge is 2.81. The van der Waals surface area contributed by atoms with Crippen molar-refractivity contribution < 1.29 is 41.0 Å². The van der Waals surface area contributed by atoms with Gasteiger partial charge in [0.15, 0.2) is 5.60 Å². The summed E-state index contributed by atoms with van der Waals surface area (Å²) in [4.78, 5) is 12.2. The zero-order valence-corrected chi connectivity index (χ0v) is 15.3. The summed E-state index contributed by atoms with van der Waals surface area (Å²) in [5.74, 6) is -1.19. The number of esters is 1. The number of carbonyl (C=O) groups is 1. The van der Waals surface area contributed by atoms with Crippen LogP contribution in [0.15, 0.2) is 0 Å². The lowest BCUT2D eigenvalue weighted by Gasteiger charge is -2.49. The molecule has 0 heterocycles. The van der Waals surface area contributed by atoms with Gasteiger partial charge in [-0.3, -0.25) is 4.79 Å². The van der Waals surface area contributed by atoms with Gasteiger partial charge < -0.3 is 9.84 Å². The molecule has 0 bridgehead atoms. The number of aliphatic hydroxyl groups is 1. The van der Waals surface area contributed by atoms with E-state index in [1.165, 1.54) is 6.92 Å². The third kappa shape index (κ3) is 3.63. The topological polar surface area (TPSA) is 46.5 Å². The molecule has 0 aromatic heterocycles. The molecule has 0 radical (unpaired) electrons. The summed E-state index contributed by atoms with van der Waals surface area (Å²) >= 11 is 1.62. The molecule has 1 aliphatic rings. The van der Waals surface area contributed by atoms with Crippen LogP contribution in [-0.4, -0.2) is 38.1 Å². The Balaban J connectivity index is 3.46. The maximum atomic E-state index is 13.3. The van der Waals surface area contributed by atoms with Crippen molar-refractivity contribution in [1.82, 2.24) is 0 Å². The molecule has 0 aliphatic heterocycles. The average Bonchev–Trinajstić information content (AvgIpc) is 2.44. The molecule has 1 rings (SSSR count). The molecule has 1 unspecified atom stereocenters. The molecule has 1 atom stereocenters. The van der Waals surface area contributed by atoms with E-state index < -0.39 is 45.8 Å². The molecule has 0 aromatic carbocycles. The molecule has 0 amide bonds.